The van der Waals surface area contributed by atoms with Crippen LogP contribution in [-0.2, 0) is 13.0 Å². The van der Waals surface area contributed by atoms with Crippen LogP contribution in [0.2, 0.25) is 0 Å². The van der Waals surface area contributed by atoms with Crippen molar-refractivity contribution in [3.8, 4) is 0 Å². The van der Waals surface area contributed by atoms with Gasteiger partial charge in [0.05, 0.1) is 0 Å². The Morgan fingerprint density at radius 2 is 2.19 bits per heavy atom. The van der Waals surface area contributed by atoms with E-state index >= 15 is 0 Å². The van der Waals surface area contributed by atoms with Crippen LogP contribution in [0.15, 0.2) is 18.3 Å². The van der Waals surface area contributed by atoms with Gasteiger partial charge in [0.1, 0.15) is 11.3 Å². The van der Waals surface area contributed by atoms with Gasteiger partial charge < -0.3 is 9.47 Å². The molecule has 0 unspecified atom stereocenters. The number of halogens is 1. The summed E-state index contributed by atoms with van der Waals surface area (Å²) in [6.07, 6.45) is 8.07. The number of hydrogen-bond donors (Lipinski definition) is 0. The highest BCUT2D eigenvalue weighted by Gasteiger charge is 2.20. The third-order valence-electron chi connectivity index (χ3n) is 4.53. The van der Waals surface area contributed by atoms with E-state index in [2.05, 4.69) is 26.5 Å². The average Bonchev–Trinajstić information content (AvgIpc) is 3.13. The summed E-state index contributed by atoms with van der Waals surface area (Å²) in [6.45, 7) is 1.98. The van der Waals surface area contributed by atoms with Gasteiger partial charge in [-0.1, -0.05) is 12.8 Å². The van der Waals surface area contributed by atoms with E-state index in [-0.39, 0.29) is 0 Å². The minimum absolute atomic E-state index is 0.599. The van der Waals surface area contributed by atoms with E-state index in [1.807, 2.05) is 18.3 Å². The fourth-order valence-electron chi connectivity index (χ4n) is 3.30. The Kier molecular flexibility index (Phi) is 4.76. The highest BCUT2D eigenvalue weighted by Crippen LogP contribution is 2.22. The number of likely N-dealkylation sites (N-methyl/N-ethyl adjacent to an activating group) is 1. The maximum Gasteiger partial charge on any atom is 0.160 e. The first-order valence-electron chi connectivity index (χ1n) is 7.86. The van der Waals surface area contributed by atoms with Gasteiger partial charge in [0.15, 0.2) is 5.65 Å². The van der Waals surface area contributed by atoms with E-state index in [4.69, 9.17) is 11.6 Å². The highest BCUT2D eigenvalue weighted by atomic mass is 35.5. The Labute approximate surface area is 131 Å². The van der Waals surface area contributed by atoms with Crippen molar-refractivity contribution in [2.45, 2.75) is 44.7 Å². The first kappa shape index (κ1) is 14.8. The number of pyridine rings is 1. The molecule has 1 aliphatic carbocycles. The first-order chi connectivity index (χ1) is 10.3. The summed E-state index contributed by atoms with van der Waals surface area (Å²) in [4.78, 5) is 11.7. The molecule has 21 heavy (non-hydrogen) atoms. The van der Waals surface area contributed by atoms with Gasteiger partial charge in [-0.2, -0.15) is 0 Å². The van der Waals surface area contributed by atoms with Crippen LogP contribution in [-0.4, -0.2) is 44.9 Å². The molecule has 0 N–H and O–H groups in total. The molecule has 2 heterocycles. The van der Waals surface area contributed by atoms with Crippen molar-refractivity contribution in [2.75, 3.05) is 19.5 Å². The molecule has 2 aromatic heterocycles. The Hall–Kier alpha value is -1.13. The van der Waals surface area contributed by atoms with E-state index in [0.29, 0.717) is 5.88 Å². The van der Waals surface area contributed by atoms with Gasteiger partial charge in [0.25, 0.3) is 0 Å². The normalized spacial score (nSPS) is 16.3. The van der Waals surface area contributed by atoms with E-state index in [9.17, 15) is 0 Å². The van der Waals surface area contributed by atoms with E-state index < -0.39 is 0 Å². The first-order valence-corrected chi connectivity index (χ1v) is 8.39. The molecule has 114 valence electrons. The number of aromatic nitrogens is 3. The third-order valence-corrected chi connectivity index (χ3v) is 4.71. The van der Waals surface area contributed by atoms with E-state index in [0.717, 1.165) is 42.5 Å². The van der Waals surface area contributed by atoms with Crippen molar-refractivity contribution < 1.29 is 0 Å². The predicted molar refractivity (Wildman–Crippen MR) is 86.8 cm³/mol. The Balaban J connectivity index is 1.76. The molecule has 0 bridgehead atoms. The lowest BCUT2D eigenvalue weighted by atomic mass is 10.2. The Bertz CT molecular complexity index is 589. The topological polar surface area (TPSA) is 34.0 Å². The van der Waals surface area contributed by atoms with Crippen LogP contribution in [0.5, 0.6) is 0 Å². The summed E-state index contributed by atoms with van der Waals surface area (Å²) < 4.78 is 2.24. The lowest BCUT2D eigenvalue weighted by Crippen LogP contribution is -2.32. The second kappa shape index (κ2) is 6.75. The number of aryl methyl sites for hydroxylation is 1. The number of rotatable bonds is 6. The molecule has 3 rings (SSSR count). The number of nitrogens with zero attached hydrogens (tertiary/aromatic N) is 4. The van der Waals surface area contributed by atoms with Crippen LogP contribution in [0, 0.1) is 0 Å². The molecule has 0 spiro atoms. The monoisotopic (exact) mass is 306 g/mol. The maximum absolute atomic E-state index is 5.92. The summed E-state index contributed by atoms with van der Waals surface area (Å²) in [5, 5.41) is 0. The van der Waals surface area contributed by atoms with Gasteiger partial charge in [-0.15, -0.1) is 11.6 Å². The molecule has 1 aliphatic rings. The molecule has 2 aromatic rings. The summed E-state index contributed by atoms with van der Waals surface area (Å²) in [5.74, 6) is 1.65. The molecule has 0 radical (unpaired) electrons. The molecule has 4 nitrogen and oxygen atoms in total. The summed E-state index contributed by atoms with van der Waals surface area (Å²) >= 11 is 5.92. The standard InChI is InChI=1S/C16H23ClN4/c1-20(13-5-2-3-6-13)11-12-21-15(8-9-17)19-14-7-4-10-18-16(14)21/h4,7,10,13H,2-3,5-6,8-9,11-12H2,1H3. The van der Waals surface area contributed by atoms with Gasteiger partial charge >= 0.3 is 0 Å². The van der Waals surface area contributed by atoms with Gasteiger partial charge in [-0.25, -0.2) is 9.97 Å². The van der Waals surface area contributed by atoms with Crippen LogP contribution >= 0.6 is 11.6 Å². The second-order valence-corrected chi connectivity index (χ2v) is 6.26. The molecule has 0 atom stereocenters. The predicted octanol–water partition coefficient (Wildman–Crippen LogP) is 3.09. The minimum Gasteiger partial charge on any atom is -0.311 e. The van der Waals surface area contributed by atoms with E-state index in [1.54, 1.807) is 0 Å². The summed E-state index contributed by atoms with van der Waals surface area (Å²) in [6, 6.07) is 4.72. The highest BCUT2D eigenvalue weighted by molar-refractivity contribution is 6.17. The SMILES string of the molecule is CN(CCn1c(CCCl)nc2cccnc21)C1CCCC1. The van der Waals surface area contributed by atoms with Crippen LogP contribution < -0.4 is 0 Å². The van der Waals surface area contributed by atoms with Crippen LogP contribution in [0.3, 0.4) is 0 Å². The number of alkyl halides is 1. The van der Waals surface area contributed by atoms with Gasteiger partial charge in [0, 0.05) is 37.6 Å². The molecular weight excluding hydrogens is 284 g/mol. The van der Waals surface area contributed by atoms with Crippen molar-refractivity contribution in [2.24, 2.45) is 0 Å². The van der Waals surface area contributed by atoms with E-state index in [1.165, 1.54) is 25.7 Å². The van der Waals surface area contributed by atoms with Crippen molar-refractivity contribution in [1.82, 2.24) is 19.4 Å². The van der Waals surface area contributed by atoms with Gasteiger partial charge in [-0.05, 0) is 32.0 Å². The average molecular weight is 307 g/mol. The Morgan fingerprint density at radius 1 is 1.38 bits per heavy atom. The molecular formula is C16H23ClN4. The lowest BCUT2D eigenvalue weighted by molar-refractivity contribution is 0.236. The van der Waals surface area contributed by atoms with Crippen LogP contribution in [0.25, 0.3) is 11.2 Å². The zero-order valence-corrected chi connectivity index (χ0v) is 13.4. The molecule has 0 saturated heterocycles. The van der Waals surface area contributed by atoms with Crippen LogP contribution in [0.4, 0.5) is 0 Å². The molecule has 0 aromatic carbocycles. The maximum atomic E-state index is 5.92. The Morgan fingerprint density at radius 3 is 2.95 bits per heavy atom. The number of fused-ring (bicyclic) bond motifs is 1. The van der Waals surface area contributed by atoms with Crippen molar-refractivity contribution in [3.05, 3.63) is 24.2 Å². The molecule has 0 aliphatic heterocycles. The minimum atomic E-state index is 0.599. The van der Waals surface area contributed by atoms with Gasteiger partial charge in [0.2, 0.25) is 0 Å². The van der Waals surface area contributed by atoms with Crippen molar-refractivity contribution >= 4 is 22.8 Å². The second-order valence-electron chi connectivity index (χ2n) is 5.88. The number of imidazole rings is 1. The van der Waals surface area contributed by atoms with Crippen molar-refractivity contribution in [1.29, 1.82) is 0 Å². The molecule has 1 fully saturated rings. The fourth-order valence-corrected chi connectivity index (χ4v) is 3.47. The number of hydrogen-bond acceptors (Lipinski definition) is 3. The summed E-state index contributed by atoms with van der Waals surface area (Å²) in [5.41, 5.74) is 1.96. The van der Waals surface area contributed by atoms with Crippen molar-refractivity contribution in [3.63, 3.8) is 0 Å². The molecule has 5 heteroatoms. The largest absolute Gasteiger partial charge is 0.311 e. The van der Waals surface area contributed by atoms with Crippen LogP contribution in [0.1, 0.15) is 31.5 Å². The smallest absolute Gasteiger partial charge is 0.160 e. The molecule has 1 saturated carbocycles. The van der Waals surface area contributed by atoms with Gasteiger partial charge in [-0.3, -0.25) is 0 Å². The lowest BCUT2D eigenvalue weighted by Gasteiger charge is -2.24. The summed E-state index contributed by atoms with van der Waals surface area (Å²) in [7, 11) is 2.24. The quantitative estimate of drug-likeness (QED) is 0.769. The fraction of sp³-hybridized carbons (Fsp3) is 0.625. The third kappa shape index (κ3) is 3.22. The molecule has 0 amide bonds. The zero-order valence-electron chi connectivity index (χ0n) is 12.6. The zero-order chi connectivity index (χ0) is 14.7.